The maximum absolute atomic E-state index is 15.5. The summed E-state index contributed by atoms with van der Waals surface area (Å²) in [6.45, 7) is 2.89. The third kappa shape index (κ3) is 4.27. The van der Waals surface area contributed by atoms with E-state index in [1.54, 1.807) is 10.6 Å². The molecule has 1 saturated heterocycles. The first-order valence-corrected chi connectivity index (χ1v) is 11.2. The number of carbonyl (C=O) groups is 1. The van der Waals surface area contributed by atoms with Crippen molar-refractivity contribution in [3.05, 3.63) is 65.2 Å². The minimum absolute atomic E-state index is 0.151. The molecule has 1 N–H and O–H groups in total. The molecule has 0 bridgehead atoms. The van der Waals surface area contributed by atoms with Gasteiger partial charge in [-0.3, -0.25) is 0 Å². The zero-order chi connectivity index (χ0) is 25.4. The Kier molecular flexibility index (Phi) is 6.12. The molecule has 1 amide bonds. The summed E-state index contributed by atoms with van der Waals surface area (Å²) >= 11 is 0. The molecule has 0 unspecified atom stereocenters. The van der Waals surface area contributed by atoms with Gasteiger partial charge in [-0.1, -0.05) is 0 Å². The summed E-state index contributed by atoms with van der Waals surface area (Å²) in [7, 11) is 1.32. The van der Waals surface area contributed by atoms with Gasteiger partial charge in [-0.2, -0.15) is 5.26 Å². The van der Waals surface area contributed by atoms with Crippen LogP contribution in [-0.4, -0.2) is 63.3 Å². The lowest BCUT2D eigenvalue weighted by Crippen LogP contribution is -2.46. The number of H-pyrrole nitrogens is 1. The topological polar surface area (TPSA) is 109 Å². The molecule has 0 aliphatic carbocycles. The number of rotatable bonds is 4. The fourth-order valence-electron chi connectivity index (χ4n) is 4.41. The Morgan fingerprint density at radius 2 is 2.11 bits per heavy atom. The maximum Gasteiger partial charge on any atom is 0.409 e. The lowest BCUT2D eigenvalue weighted by molar-refractivity contribution is -0.0241. The summed E-state index contributed by atoms with van der Waals surface area (Å²) in [5.41, 5.74) is 2.26. The number of aromatic amines is 1. The first-order valence-electron chi connectivity index (χ1n) is 11.2. The Morgan fingerprint density at radius 3 is 2.81 bits per heavy atom. The Bertz CT molecular complexity index is 1480. The number of carbonyl (C=O) groups excluding carboxylic acids is 1. The highest BCUT2D eigenvalue weighted by atomic mass is 19.1. The highest BCUT2D eigenvalue weighted by Gasteiger charge is 2.29. The van der Waals surface area contributed by atoms with Gasteiger partial charge in [-0.15, -0.1) is 0 Å². The van der Waals surface area contributed by atoms with Crippen LogP contribution >= 0.6 is 0 Å². The molecular formula is C25H22F2N6O3. The molecule has 0 radical (unpaired) electrons. The second kappa shape index (κ2) is 9.39. The van der Waals surface area contributed by atoms with Crippen LogP contribution < -0.4 is 0 Å². The molecule has 1 aliphatic heterocycles. The van der Waals surface area contributed by atoms with Crippen molar-refractivity contribution in [3.63, 3.8) is 0 Å². The number of aryl methyl sites for hydroxylation is 1. The molecule has 1 atom stereocenters. The monoisotopic (exact) mass is 492 g/mol. The first-order chi connectivity index (χ1) is 17.4. The highest BCUT2D eigenvalue weighted by molar-refractivity contribution is 5.72. The molecule has 184 valence electrons. The van der Waals surface area contributed by atoms with Gasteiger partial charge in [0, 0.05) is 24.7 Å². The van der Waals surface area contributed by atoms with Crippen molar-refractivity contribution in [2.45, 2.75) is 19.4 Å². The Balaban J connectivity index is 1.58. The fraction of sp³-hybridized carbons (Fsp3) is 0.280. The average molecular weight is 492 g/mol. The Labute approximate surface area is 204 Å². The number of nitrogens with zero attached hydrogens (tertiary/aromatic N) is 5. The van der Waals surface area contributed by atoms with Crippen LogP contribution in [0.3, 0.4) is 0 Å². The van der Waals surface area contributed by atoms with Gasteiger partial charge in [0.25, 0.3) is 0 Å². The van der Waals surface area contributed by atoms with E-state index in [1.165, 1.54) is 18.2 Å². The summed E-state index contributed by atoms with van der Waals surface area (Å²) in [5.74, 6) is -1.45. The van der Waals surface area contributed by atoms with Crippen LogP contribution in [0.2, 0.25) is 0 Å². The van der Waals surface area contributed by atoms with E-state index in [2.05, 4.69) is 15.0 Å². The van der Waals surface area contributed by atoms with E-state index in [0.717, 1.165) is 17.7 Å². The van der Waals surface area contributed by atoms with Crippen molar-refractivity contribution in [1.29, 1.82) is 5.26 Å². The first kappa shape index (κ1) is 23.4. The summed E-state index contributed by atoms with van der Waals surface area (Å²) in [6.07, 6.45) is 2.48. The number of hydrogen-bond donors (Lipinski definition) is 1. The van der Waals surface area contributed by atoms with E-state index in [1.807, 2.05) is 25.1 Å². The predicted octanol–water partition coefficient (Wildman–Crippen LogP) is 3.86. The van der Waals surface area contributed by atoms with Crippen molar-refractivity contribution < 1.29 is 23.0 Å². The van der Waals surface area contributed by atoms with E-state index < -0.39 is 23.8 Å². The number of imidazole rings is 2. The van der Waals surface area contributed by atoms with Gasteiger partial charge in [-0.05, 0) is 36.8 Å². The molecule has 4 heterocycles. The number of fused-ring (bicyclic) bond motifs is 1. The predicted molar refractivity (Wildman–Crippen MR) is 125 cm³/mol. The van der Waals surface area contributed by atoms with Gasteiger partial charge in [0.05, 0.1) is 49.5 Å². The standard InChI is InChI=1S/C25H22F2N6O3/c1-14-3-4-33-20(10-17-13-32(5-6-36-17)25(34)35-2)23(31-21(33)7-14)22-18(26)8-15(9-19(22)27)24-29-12-16(11-28)30-24/h3-4,7-9,12,17H,5-6,10,13H2,1-2H3,(H,29,30)/t17-/m0/s1. The molecule has 5 rings (SSSR count). The quantitative estimate of drug-likeness (QED) is 0.464. The van der Waals surface area contributed by atoms with Crippen LogP contribution in [0, 0.1) is 29.9 Å². The number of halogens is 2. The summed E-state index contributed by atoms with van der Waals surface area (Å²) in [4.78, 5) is 24.9. The molecule has 1 fully saturated rings. The van der Waals surface area contributed by atoms with Crippen molar-refractivity contribution in [2.75, 3.05) is 26.8 Å². The molecule has 11 heteroatoms. The maximum atomic E-state index is 15.5. The van der Waals surface area contributed by atoms with E-state index >= 15 is 8.78 Å². The smallest absolute Gasteiger partial charge is 0.409 e. The minimum atomic E-state index is -0.818. The molecule has 0 saturated carbocycles. The van der Waals surface area contributed by atoms with E-state index in [-0.39, 0.29) is 41.3 Å². The summed E-state index contributed by atoms with van der Waals surface area (Å²) < 4.78 is 43.4. The number of morpholine rings is 1. The normalized spacial score (nSPS) is 15.8. The van der Waals surface area contributed by atoms with Crippen molar-refractivity contribution in [2.24, 2.45) is 0 Å². The molecule has 4 aromatic rings. The Morgan fingerprint density at radius 1 is 1.33 bits per heavy atom. The minimum Gasteiger partial charge on any atom is -0.453 e. The number of aromatic nitrogens is 4. The van der Waals surface area contributed by atoms with Crippen LogP contribution in [0.4, 0.5) is 13.6 Å². The molecule has 1 aliphatic rings. The molecule has 0 spiro atoms. The van der Waals surface area contributed by atoms with Crippen molar-refractivity contribution in [1.82, 2.24) is 24.3 Å². The second-order valence-corrected chi connectivity index (χ2v) is 8.52. The number of methoxy groups -OCH3 is 1. The number of nitrogens with one attached hydrogen (secondary N) is 1. The van der Waals surface area contributed by atoms with Crippen LogP contribution in [-0.2, 0) is 15.9 Å². The largest absolute Gasteiger partial charge is 0.453 e. The third-order valence-electron chi connectivity index (χ3n) is 6.12. The summed E-state index contributed by atoms with van der Waals surface area (Å²) in [5, 5.41) is 9.00. The average Bonchev–Trinajstić information content (AvgIpc) is 3.48. The van der Waals surface area contributed by atoms with E-state index in [0.29, 0.717) is 24.5 Å². The van der Waals surface area contributed by atoms with Crippen LogP contribution in [0.25, 0.3) is 28.3 Å². The zero-order valence-corrected chi connectivity index (χ0v) is 19.6. The zero-order valence-electron chi connectivity index (χ0n) is 19.6. The number of nitriles is 1. The van der Waals surface area contributed by atoms with Crippen LogP contribution in [0.5, 0.6) is 0 Å². The fourth-order valence-corrected chi connectivity index (χ4v) is 4.41. The van der Waals surface area contributed by atoms with E-state index in [4.69, 9.17) is 14.7 Å². The molecule has 3 aromatic heterocycles. The Hall–Kier alpha value is -4.30. The van der Waals surface area contributed by atoms with Gasteiger partial charge in [0.2, 0.25) is 0 Å². The SMILES string of the molecule is COC(=O)N1CCO[C@@H](Cc2c(-c3c(F)cc(-c4ncc(C#N)[nH]4)cc3F)nc3cc(C)ccn23)C1. The van der Waals surface area contributed by atoms with Gasteiger partial charge in [0.1, 0.15) is 34.9 Å². The molecule has 9 nitrogen and oxygen atoms in total. The third-order valence-corrected chi connectivity index (χ3v) is 6.12. The van der Waals surface area contributed by atoms with Crippen LogP contribution in [0.1, 0.15) is 17.0 Å². The number of amides is 1. The van der Waals surface area contributed by atoms with Gasteiger partial charge in [0.15, 0.2) is 0 Å². The highest BCUT2D eigenvalue weighted by Crippen LogP contribution is 2.33. The number of pyridine rings is 1. The molecular weight excluding hydrogens is 470 g/mol. The van der Waals surface area contributed by atoms with Crippen LogP contribution in [0.15, 0.2) is 36.7 Å². The van der Waals surface area contributed by atoms with Gasteiger partial charge >= 0.3 is 6.09 Å². The van der Waals surface area contributed by atoms with E-state index in [9.17, 15) is 4.79 Å². The van der Waals surface area contributed by atoms with Crippen molar-refractivity contribution >= 4 is 11.7 Å². The van der Waals surface area contributed by atoms with Gasteiger partial charge < -0.3 is 23.8 Å². The molecule has 36 heavy (non-hydrogen) atoms. The lowest BCUT2D eigenvalue weighted by Gasteiger charge is -2.32. The number of ether oxygens (including phenoxy) is 2. The number of benzene rings is 1. The molecule has 1 aromatic carbocycles. The second-order valence-electron chi connectivity index (χ2n) is 8.52. The summed E-state index contributed by atoms with van der Waals surface area (Å²) in [6, 6.07) is 7.93. The lowest BCUT2D eigenvalue weighted by atomic mass is 10.0. The van der Waals surface area contributed by atoms with Gasteiger partial charge in [-0.25, -0.2) is 23.5 Å². The van der Waals surface area contributed by atoms with Crippen molar-refractivity contribution in [3.8, 4) is 28.7 Å². The number of hydrogen-bond acceptors (Lipinski definition) is 6.